The fourth-order valence-electron chi connectivity index (χ4n) is 0.713. The van der Waals surface area contributed by atoms with Gasteiger partial charge in [0.05, 0.1) is 6.61 Å². The number of alkyl halides is 1. The van der Waals surface area contributed by atoms with Crippen LogP contribution in [-0.4, -0.2) is 30.1 Å². The van der Waals surface area contributed by atoms with E-state index in [0.717, 1.165) is 19.4 Å². The highest BCUT2D eigenvalue weighted by molar-refractivity contribution is 9.10. The van der Waals surface area contributed by atoms with E-state index in [2.05, 4.69) is 22.9 Å². The van der Waals surface area contributed by atoms with E-state index in [1.165, 1.54) is 0 Å². The van der Waals surface area contributed by atoms with E-state index >= 15 is 0 Å². The molecule has 0 amide bonds. The number of ether oxygens (including phenoxy) is 2. The van der Waals surface area contributed by atoms with Crippen LogP contribution >= 0.6 is 15.9 Å². The van der Waals surface area contributed by atoms with Gasteiger partial charge < -0.3 is 9.47 Å². The van der Waals surface area contributed by atoms with E-state index in [1.807, 2.05) is 0 Å². The van der Waals surface area contributed by atoms with Crippen molar-refractivity contribution in [1.29, 1.82) is 0 Å². The summed E-state index contributed by atoms with van der Waals surface area (Å²) in [6.45, 7) is 7.18. The minimum atomic E-state index is -0.601. The molecule has 0 rings (SSSR count). The van der Waals surface area contributed by atoms with Gasteiger partial charge in [-0.3, -0.25) is 4.79 Å². The molecule has 3 nitrogen and oxygen atoms in total. The molecule has 0 atom stereocenters. The second-order valence-electron chi connectivity index (χ2n) is 3.57. The van der Waals surface area contributed by atoms with Crippen LogP contribution in [0, 0.1) is 0 Å². The summed E-state index contributed by atoms with van der Waals surface area (Å²) in [5.41, 5.74) is 0. The summed E-state index contributed by atoms with van der Waals surface area (Å²) in [7, 11) is 0. The zero-order valence-electron chi connectivity index (χ0n) is 9.14. The van der Waals surface area contributed by atoms with Crippen molar-refractivity contribution in [2.24, 2.45) is 0 Å². The number of halogens is 1. The van der Waals surface area contributed by atoms with Crippen molar-refractivity contribution in [3.8, 4) is 0 Å². The maximum absolute atomic E-state index is 11.2. The van der Waals surface area contributed by atoms with Gasteiger partial charge in [0, 0.05) is 6.61 Å². The first kappa shape index (κ1) is 13.9. The normalized spacial score (nSPS) is 11.4. The number of carbonyl (C=O) groups excluding carboxylic acids is 1. The van der Waals surface area contributed by atoms with Crippen molar-refractivity contribution in [2.45, 2.75) is 37.9 Å². The van der Waals surface area contributed by atoms with E-state index in [4.69, 9.17) is 9.47 Å². The van der Waals surface area contributed by atoms with Gasteiger partial charge in [-0.25, -0.2) is 0 Å². The van der Waals surface area contributed by atoms with E-state index in [-0.39, 0.29) is 5.97 Å². The zero-order chi connectivity index (χ0) is 11.0. The van der Waals surface area contributed by atoms with Crippen molar-refractivity contribution < 1.29 is 14.3 Å². The highest BCUT2D eigenvalue weighted by Crippen LogP contribution is 2.17. The van der Waals surface area contributed by atoms with Crippen LogP contribution in [-0.2, 0) is 14.3 Å². The molecule has 14 heavy (non-hydrogen) atoms. The third-order valence-corrected chi connectivity index (χ3v) is 1.91. The largest absolute Gasteiger partial charge is 0.462 e. The zero-order valence-corrected chi connectivity index (χ0v) is 10.7. The molecule has 0 fully saturated rings. The number of carbonyl (C=O) groups is 1. The van der Waals surface area contributed by atoms with Gasteiger partial charge in [-0.15, -0.1) is 0 Å². The summed E-state index contributed by atoms with van der Waals surface area (Å²) >= 11 is 3.22. The van der Waals surface area contributed by atoms with Crippen molar-refractivity contribution in [3.05, 3.63) is 0 Å². The van der Waals surface area contributed by atoms with Crippen LogP contribution in [0.2, 0.25) is 0 Å². The molecular weight excluding hydrogens is 248 g/mol. The predicted octanol–water partition coefficient (Wildman–Crippen LogP) is 2.52. The number of hydrogen-bond donors (Lipinski definition) is 0. The lowest BCUT2D eigenvalue weighted by atomic mass is 10.2. The van der Waals surface area contributed by atoms with Gasteiger partial charge in [-0.05, 0) is 20.3 Å². The lowest BCUT2D eigenvalue weighted by molar-refractivity contribution is -0.146. The lowest BCUT2D eigenvalue weighted by Crippen LogP contribution is -2.27. The van der Waals surface area contributed by atoms with Gasteiger partial charge in [-0.2, -0.15) is 0 Å². The maximum Gasteiger partial charge on any atom is 0.322 e. The first-order valence-corrected chi connectivity index (χ1v) is 5.71. The molecule has 4 heteroatoms. The van der Waals surface area contributed by atoms with Gasteiger partial charge in [0.15, 0.2) is 0 Å². The molecule has 0 saturated heterocycles. The molecule has 0 radical (unpaired) electrons. The number of rotatable bonds is 7. The highest BCUT2D eigenvalue weighted by atomic mass is 79.9. The number of hydrogen-bond acceptors (Lipinski definition) is 3. The fourth-order valence-corrected chi connectivity index (χ4v) is 0.828. The first-order chi connectivity index (χ1) is 6.48. The van der Waals surface area contributed by atoms with Crippen LogP contribution in [0.15, 0.2) is 0 Å². The summed E-state index contributed by atoms with van der Waals surface area (Å²) in [4.78, 5) is 11.2. The van der Waals surface area contributed by atoms with Crippen molar-refractivity contribution in [3.63, 3.8) is 0 Å². The molecule has 0 bridgehead atoms. The van der Waals surface area contributed by atoms with Crippen LogP contribution in [0.25, 0.3) is 0 Å². The molecule has 0 spiro atoms. The average molecular weight is 267 g/mol. The topological polar surface area (TPSA) is 35.5 Å². The Balaban J connectivity index is 3.33. The first-order valence-electron chi connectivity index (χ1n) is 4.92. The van der Waals surface area contributed by atoms with Crippen LogP contribution in [0.1, 0.15) is 33.6 Å². The Kier molecular flexibility index (Phi) is 7.19. The molecule has 0 N–H and O–H groups in total. The van der Waals surface area contributed by atoms with Gasteiger partial charge in [0.25, 0.3) is 0 Å². The Morgan fingerprint density at radius 3 is 2.43 bits per heavy atom. The number of unbranched alkanes of at least 4 members (excludes halogenated alkanes) is 1. The van der Waals surface area contributed by atoms with Crippen molar-refractivity contribution in [1.82, 2.24) is 0 Å². The van der Waals surface area contributed by atoms with E-state index in [1.54, 1.807) is 13.8 Å². The molecule has 0 heterocycles. The van der Waals surface area contributed by atoms with E-state index < -0.39 is 4.32 Å². The predicted molar refractivity (Wildman–Crippen MR) is 59.7 cm³/mol. The average Bonchev–Trinajstić information content (AvgIpc) is 2.09. The van der Waals surface area contributed by atoms with Crippen molar-refractivity contribution >= 4 is 21.9 Å². The van der Waals surface area contributed by atoms with Crippen LogP contribution < -0.4 is 0 Å². The Bertz CT molecular complexity index is 163. The van der Waals surface area contributed by atoms with E-state index in [9.17, 15) is 4.79 Å². The Hall–Kier alpha value is -0.0900. The standard InChI is InChI=1S/C10H19BrO3/c1-4-5-6-13-7-8-14-9(12)10(2,3)11/h4-8H2,1-3H3. The third-order valence-electron chi connectivity index (χ3n) is 1.59. The minimum absolute atomic E-state index is 0.253. The molecule has 0 saturated carbocycles. The smallest absolute Gasteiger partial charge is 0.322 e. The molecule has 0 aliphatic heterocycles. The molecule has 0 aromatic rings. The summed E-state index contributed by atoms with van der Waals surface area (Å²) in [6.07, 6.45) is 2.17. The second-order valence-corrected chi connectivity index (χ2v) is 5.56. The summed E-state index contributed by atoms with van der Waals surface area (Å²) in [5, 5.41) is 0. The molecule has 0 aromatic carbocycles. The molecule has 0 unspecified atom stereocenters. The lowest BCUT2D eigenvalue weighted by Gasteiger charge is -2.14. The van der Waals surface area contributed by atoms with Gasteiger partial charge in [0.1, 0.15) is 10.9 Å². The quantitative estimate of drug-likeness (QED) is 0.404. The maximum atomic E-state index is 11.2. The van der Waals surface area contributed by atoms with Crippen molar-refractivity contribution in [2.75, 3.05) is 19.8 Å². The Labute approximate surface area is 94.3 Å². The second kappa shape index (κ2) is 7.23. The third kappa shape index (κ3) is 7.33. The Morgan fingerprint density at radius 1 is 1.29 bits per heavy atom. The number of esters is 1. The van der Waals surface area contributed by atoms with E-state index in [0.29, 0.717) is 13.2 Å². The molecule has 0 aliphatic carbocycles. The molecule has 0 aromatic heterocycles. The fraction of sp³-hybridized carbons (Fsp3) is 0.900. The van der Waals surface area contributed by atoms with Crippen LogP contribution in [0.3, 0.4) is 0 Å². The van der Waals surface area contributed by atoms with Crippen LogP contribution in [0.4, 0.5) is 0 Å². The Morgan fingerprint density at radius 2 is 1.93 bits per heavy atom. The highest BCUT2D eigenvalue weighted by Gasteiger charge is 2.24. The summed E-state index contributed by atoms with van der Waals surface area (Å²) < 4.78 is 9.62. The van der Waals surface area contributed by atoms with Gasteiger partial charge in [-0.1, -0.05) is 29.3 Å². The molecule has 0 aliphatic rings. The van der Waals surface area contributed by atoms with Crippen LogP contribution in [0.5, 0.6) is 0 Å². The monoisotopic (exact) mass is 266 g/mol. The SMILES string of the molecule is CCCCOCCOC(=O)C(C)(C)Br. The summed E-state index contributed by atoms with van der Waals surface area (Å²) in [5.74, 6) is -0.253. The minimum Gasteiger partial charge on any atom is -0.462 e. The van der Waals surface area contributed by atoms with Gasteiger partial charge >= 0.3 is 5.97 Å². The molecular formula is C10H19BrO3. The molecule has 84 valence electrons. The summed E-state index contributed by atoms with van der Waals surface area (Å²) in [6, 6.07) is 0. The van der Waals surface area contributed by atoms with Gasteiger partial charge in [0.2, 0.25) is 0 Å².